The SMILES string of the molecule is CCN1CCCC(n2cccc2)C1. The first-order valence-corrected chi connectivity index (χ1v) is 5.25. The number of nitrogens with zero attached hydrogens (tertiary/aromatic N) is 2. The van der Waals surface area contributed by atoms with Crippen molar-refractivity contribution in [3.63, 3.8) is 0 Å². The van der Waals surface area contributed by atoms with Gasteiger partial charge in [-0.2, -0.15) is 0 Å². The third-order valence-corrected chi connectivity index (χ3v) is 2.98. The van der Waals surface area contributed by atoms with E-state index >= 15 is 0 Å². The van der Waals surface area contributed by atoms with Crippen molar-refractivity contribution in [3.05, 3.63) is 24.5 Å². The highest BCUT2D eigenvalue weighted by Crippen LogP contribution is 2.20. The van der Waals surface area contributed by atoms with E-state index < -0.39 is 0 Å². The smallest absolute Gasteiger partial charge is 0.0458 e. The van der Waals surface area contributed by atoms with E-state index in [0.29, 0.717) is 6.04 Å². The molecule has 1 saturated heterocycles. The van der Waals surface area contributed by atoms with Gasteiger partial charge >= 0.3 is 0 Å². The van der Waals surface area contributed by atoms with Crippen LogP contribution in [0.1, 0.15) is 25.8 Å². The van der Waals surface area contributed by atoms with Gasteiger partial charge in [0.2, 0.25) is 0 Å². The lowest BCUT2D eigenvalue weighted by molar-refractivity contribution is 0.185. The normalized spacial score (nSPS) is 24.8. The second-order valence-corrected chi connectivity index (χ2v) is 3.82. The minimum atomic E-state index is 0.712. The molecule has 0 amide bonds. The average Bonchev–Trinajstić information content (AvgIpc) is 2.71. The quantitative estimate of drug-likeness (QED) is 0.673. The number of piperidine rings is 1. The van der Waals surface area contributed by atoms with Gasteiger partial charge in [0.1, 0.15) is 0 Å². The first-order valence-electron chi connectivity index (χ1n) is 5.25. The summed E-state index contributed by atoms with van der Waals surface area (Å²) in [6, 6.07) is 4.94. The van der Waals surface area contributed by atoms with Crippen LogP contribution < -0.4 is 0 Å². The zero-order valence-electron chi connectivity index (χ0n) is 8.32. The maximum atomic E-state index is 2.54. The molecule has 1 aromatic heterocycles. The first-order chi connectivity index (χ1) is 6.40. The van der Waals surface area contributed by atoms with Crippen LogP contribution in [0, 0.1) is 0 Å². The number of hydrogen-bond acceptors (Lipinski definition) is 1. The molecule has 0 bridgehead atoms. The topological polar surface area (TPSA) is 8.17 Å². The molecule has 1 atom stereocenters. The summed E-state index contributed by atoms with van der Waals surface area (Å²) in [5.74, 6) is 0. The maximum absolute atomic E-state index is 2.54. The monoisotopic (exact) mass is 178 g/mol. The van der Waals surface area contributed by atoms with Crippen LogP contribution in [0.3, 0.4) is 0 Å². The Hall–Kier alpha value is -0.760. The highest BCUT2D eigenvalue weighted by atomic mass is 15.2. The Labute approximate surface area is 80.2 Å². The molecule has 1 fully saturated rings. The standard InChI is InChI=1S/C11H18N2/c1-2-12-7-5-6-11(10-12)13-8-3-4-9-13/h3-4,8-9,11H,2,5-7,10H2,1H3. The Morgan fingerprint density at radius 1 is 1.31 bits per heavy atom. The summed E-state index contributed by atoms with van der Waals surface area (Å²) in [7, 11) is 0. The molecule has 0 spiro atoms. The van der Waals surface area contributed by atoms with E-state index in [0.717, 1.165) is 0 Å². The van der Waals surface area contributed by atoms with Gasteiger partial charge in [-0.15, -0.1) is 0 Å². The number of likely N-dealkylation sites (N-methyl/N-ethyl adjacent to an activating group) is 1. The van der Waals surface area contributed by atoms with Crippen molar-refractivity contribution in [3.8, 4) is 0 Å². The van der Waals surface area contributed by atoms with Crippen LogP contribution in [0.5, 0.6) is 0 Å². The van der Waals surface area contributed by atoms with Crippen LogP contribution in [-0.2, 0) is 0 Å². The fourth-order valence-electron chi connectivity index (χ4n) is 2.15. The Morgan fingerprint density at radius 3 is 2.77 bits per heavy atom. The van der Waals surface area contributed by atoms with Crippen molar-refractivity contribution in [2.24, 2.45) is 0 Å². The molecule has 1 unspecified atom stereocenters. The molecule has 1 aliphatic heterocycles. The zero-order chi connectivity index (χ0) is 9.10. The summed E-state index contributed by atoms with van der Waals surface area (Å²) in [6.07, 6.45) is 7.05. The molecule has 72 valence electrons. The lowest BCUT2D eigenvalue weighted by Crippen LogP contribution is -2.35. The number of hydrogen-bond donors (Lipinski definition) is 0. The van der Waals surface area contributed by atoms with E-state index in [9.17, 15) is 0 Å². The molecule has 0 aliphatic carbocycles. The van der Waals surface area contributed by atoms with Crippen LogP contribution >= 0.6 is 0 Å². The van der Waals surface area contributed by atoms with Gasteiger partial charge in [0.15, 0.2) is 0 Å². The summed E-state index contributed by atoms with van der Waals surface area (Å²) >= 11 is 0. The molecule has 2 nitrogen and oxygen atoms in total. The van der Waals surface area contributed by atoms with Crippen LogP contribution in [0.15, 0.2) is 24.5 Å². The van der Waals surface area contributed by atoms with E-state index in [1.807, 2.05) is 0 Å². The molecule has 0 aromatic carbocycles. The molecule has 0 N–H and O–H groups in total. The Kier molecular flexibility index (Phi) is 2.69. The molecule has 0 radical (unpaired) electrons. The molecule has 1 aromatic rings. The molecule has 2 heteroatoms. The zero-order valence-corrected chi connectivity index (χ0v) is 8.32. The van der Waals surface area contributed by atoms with E-state index in [4.69, 9.17) is 0 Å². The molecule has 2 rings (SSSR count). The fourth-order valence-corrected chi connectivity index (χ4v) is 2.15. The second-order valence-electron chi connectivity index (χ2n) is 3.82. The third kappa shape index (κ3) is 1.94. The lowest BCUT2D eigenvalue weighted by Gasteiger charge is -2.32. The Morgan fingerprint density at radius 2 is 2.08 bits per heavy atom. The number of rotatable bonds is 2. The Bertz CT molecular complexity index is 241. The maximum Gasteiger partial charge on any atom is 0.0458 e. The van der Waals surface area contributed by atoms with Crippen molar-refractivity contribution in [1.82, 2.24) is 9.47 Å². The van der Waals surface area contributed by atoms with E-state index in [1.165, 1.54) is 32.5 Å². The average molecular weight is 178 g/mol. The molecule has 1 aliphatic rings. The van der Waals surface area contributed by atoms with Gasteiger partial charge in [-0.25, -0.2) is 0 Å². The van der Waals surface area contributed by atoms with Crippen molar-refractivity contribution < 1.29 is 0 Å². The number of aromatic nitrogens is 1. The van der Waals surface area contributed by atoms with Crippen molar-refractivity contribution in [2.75, 3.05) is 19.6 Å². The summed E-state index contributed by atoms with van der Waals surface area (Å²) in [5.41, 5.74) is 0. The molecule has 13 heavy (non-hydrogen) atoms. The fraction of sp³-hybridized carbons (Fsp3) is 0.636. The van der Waals surface area contributed by atoms with Crippen molar-refractivity contribution in [1.29, 1.82) is 0 Å². The molecular formula is C11H18N2. The van der Waals surface area contributed by atoms with Crippen LogP contribution in [0.4, 0.5) is 0 Å². The summed E-state index contributed by atoms with van der Waals surface area (Å²) in [5, 5.41) is 0. The van der Waals surface area contributed by atoms with E-state index in [1.54, 1.807) is 0 Å². The van der Waals surface area contributed by atoms with Crippen LogP contribution in [-0.4, -0.2) is 29.1 Å². The van der Waals surface area contributed by atoms with Crippen LogP contribution in [0.25, 0.3) is 0 Å². The molecule has 2 heterocycles. The largest absolute Gasteiger partial charge is 0.350 e. The van der Waals surface area contributed by atoms with Crippen molar-refractivity contribution in [2.45, 2.75) is 25.8 Å². The predicted octanol–water partition coefficient (Wildman–Crippen LogP) is 2.14. The highest BCUT2D eigenvalue weighted by Gasteiger charge is 2.18. The predicted molar refractivity (Wildman–Crippen MR) is 54.8 cm³/mol. The highest BCUT2D eigenvalue weighted by molar-refractivity contribution is 4.94. The van der Waals surface area contributed by atoms with Gasteiger partial charge in [-0.3, -0.25) is 0 Å². The van der Waals surface area contributed by atoms with Gasteiger partial charge in [-0.05, 0) is 38.1 Å². The summed E-state index contributed by atoms with van der Waals surface area (Å²) in [6.45, 7) is 5.95. The third-order valence-electron chi connectivity index (χ3n) is 2.98. The minimum Gasteiger partial charge on any atom is -0.350 e. The second kappa shape index (κ2) is 3.97. The van der Waals surface area contributed by atoms with Gasteiger partial charge < -0.3 is 9.47 Å². The number of likely N-dealkylation sites (tertiary alicyclic amines) is 1. The van der Waals surface area contributed by atoms with E-state index in [2.05, 4.69) is 40.9 Å². The Balaban J connectivity index is 2.00. The van der Waals surface area contributed by atoms with E-state index in [-0.39, 0.29) is 0 Å². The summed E-state index contributed by atoms with van der Waals surface area (Å²) in [4.78, 5) is 2.54. The molecule has 0 saturated carbocycles. The lowest BCUT2D eigenvalue weighted by atomic mass is 10.1. The molecular weight excluding hydrogens is 160 g/mol. The van der Waals surface area contributed by atoms with Gasteiger partial charge in [0, 0.05) is 25.0 Å². The van der Waals surface area contributed by atoms with Gasteiger partial charge in [0.25, 0.3) is 0 Å². The van der Waals surface area contributed by atoms with Crippen LogP contribution in [0.2, 0.25) is 0 Å². The van der Waals surface area contributed by atoms with Gasteiger partial charge in [-0.1, -0.05) is 6.92 Å². The summed E-state index contributed by atoms with van der Waals surface area (Å²) < 4.78 is 2.35. The van der Waals surface area contributed by atoms with Gasteiger partial charge in [0.05, 0.1) is 0 Å². The minimum absolute atomic E-state index is 0.712. The van der Waals surface area contributed by atoms with Crippen molar-refractivity contribution >= 4 is 0 Å². The first kappa shape index (κ1) is 8.82.